The van der Waals surface area contributed by atoms with Gasteiger partial charge in [-0.2, -0.15) is 0 Å². The minimum atomic E-state index is -1.33. The van der Waals surface area contributed by atoms with E-state index in [1.807, 2.05) is 73.7 Å². The van der Waals surface area contributed by atoms with Gasteiger partial charge in [0.1, 0.15) is 6.26 Å². The van der Waals surface area contributed by atoms with E-state index in [-0.39, 0.29) is 24.4 Å². The van der Waals surface area contributed by atoms with Crippen LogP contribution in [0.2, 0.25) is 0 Å². The van der Waals surface area contributed by atoms with Crippen LogP contribution < -0.4 is 0 Å². The second-order valence-electron chi connectivity index (χ2n) is 9.96. The number of aryl methyl sites for hydroxylation is 1. The molecule has 1 aliphatic carbocycles. The SMILES string of the molecule is Cc1ccc2c(c1)C(=O)[C@@](c1ccccc1)(N1CCN(C(Cc3ccccc3)C3=COCO3)CC1)C2=O. The normalized spacial score (nSPS) is 22.8. The molecule has 0 bridgehead atoms. The average Bonchev–Trinajstić information content (AvgIpc) is 3.55. The summed E-state index contributed by atoms with van der Waals surface area (Å²) in [6.45, 7) is 4.75. The highest BCUT2D eigenvalue weighted by Gasteiger charge is 2.58. The molecule has 0 spiro atoms. The Balaban J connectivity index is 1.31. The van der Waals surface area contributed by atoms with Gasteiger partial charge in [-0.25, -0.2) is 0 Å². The molecular formula is C31H30N2O4. The minimum absolute atomic E-state index is 0.0227. The van der Waals surface area contributed by atoms with Crippen LogP contribution in [0.4, 0.5) is 0 Å². The zero-order valence-corrected chi connectivity index (χ0v) is 20.9. The number of benzene rings is 3. The van der Waals surface area contributed by atoms with Crippen LogP contribution in [-0.2, 0) is 21.4 Å². The van der Waals surface area contributed by atoms with Crippen molar-refractivity contribution < 1.29 is 19.1 Å². The van der Waals surface area contributed by atoms with Crippen molar-refractivity contribution in [1.29, 1.82) is 0 Å². The molecule has 6 rings (SSSR count). The number of Topliss-reactive ketones (excluding diaryl/α,β-unsaturated/α-hetero) is 2. The third-order valence-corrected chi connectivity index (χ3v) is 7.84. The van der Waals surface area contributed by atoms with Crippen LogP contribution in [0.25, 0.3) is 0 Å². The first-order valence-corrected chi connectivity index (χ1v) is 12.8. The molecule has 6 nitrogen and oxygen atoms in total. The van der Waals surface area contributed by atoms with E-state index in [1.54, 1.807) is 6.26 Å². The highest BCUT2D eigenvalue weighted by atomic mass is 16.7. The largest absolute Gasteiger partial charge is 0.462 e. The van der Waals surface area contributed by atoms with Crippen LogP contribution in [0.15, 0.2) is 90.9 Å². The van der Waals surface area contributed by atoms with Gasteiger partial charge in [-0.15, -0.1) is 0 Å². The summed E-state index contributed by atoms with van der Waals surface area (Å²) in [5.74, 6) is 0.584. The van der Waals surface area contributed by atoms with Gasteiger partial charge < -0.3 is 9.47 Å². The van der Waals surface area contributed by atoms with Crippen LogP contribution in [0.1, 0.15) is 37.4 Å². The lowest BCUT2D eigenvalue weighted by atomic mass is 9.82. The van der Waals surface area contributed by atoms with Gasteiger partial charge in [-0.05, 0) is 30.5 Å². The van der Waals surface area contributed by atoms with Gasteiger partial charge in [0.2, 0.25) is 6.79 Å². The smallest absolute Gasteiger partial charge is 0.229 e. The summed E-state index contributed by atoms with van der Waals surface area (Å²) in [5, 5.41) is 0. The molecule has 0 amide bonds. The van der Waals surface area contributed by atoms with Crippen molar-refractivity contribution >= 4 is 11.6 Å². The topological polar surface area (TPSA) is 59.1 Å². The summed E-state index contributed by atoms with van der Waals surface area (Å²) < 4.78 is 11.2. The maximum atomic E-state index is 14.1. The number of hydrogen-bond acceptors (Lipinski definition) is 6. The molecule has 1 unspecified atom stereocenters. The summed E-state index contributed by atoms with van der Waals surface area (Å²) >= 11 is 0. The zero-order chi connectivity index (χ0) is 25.4. The number of ketones is 2. The summed E-state index contributed by atoms with van der Waals surface area (Å²) in [4.78, 5) is 32.7. The molecule has 2 atom stereocenters. The first kappa shape index (κ1) is 23.6. The minimum Gasteiger partial charge on any atom is -0.462 e. The van der Waals surface area contributed by atoms with E-state index >= 15 is 0 Å². The van der Waals surface area contributed by atoms with Crippen molar-refractivity contribution in [3.8, 4) is 0 Å². The fourth-order valence-electron chi connectivity index (χ4n) is 5.99. The van der Waals surface area contributed by atoms with Crippen molar-refractivity contribution in [3.05, 3.63) is 119 Å². The van der Waals surface area contributed by atoms with Crippen molar-refractivity contribution in [2.24, 2.45) is 0 Å². The van der Waals surface area contributed by atoms with Gasteiger partial charge in [0.15, 0.2) is 22.9 Å². The lowest BCUT2D eigenvalue weighted by molar-refractivity contribution is 0.0137. The number of carbonyl (C=O) groups excluding carboxylic acids is 2. The van der Waals surface area contributed by atoms with Crippen LogP contribution >= 0.6 is 0 Å². The predicted octanol–water partition coefficient (Wildman–Crippen LogP) is 4.34. The van der Waals surface area contributed by atoms with Crippen LogP contribution in [0.3, 0.4) is 0 Å². The Morgan fingerprint density at radius 1 is 0.838 bits per heavy atom. The zero-order valence-electron chi connectivity index (χ0n) is 20.9. The van der Waals surface area contributed by atoms with Crippen molar-refractivity contribution in [3.63, 3.8) is 0 Å². The number of piperazine rings is 1. The Labute approximate surface area is 217 Å². The Hall–Kier alpha value is -3.74. The Morgan fingerprint density at radius 2 is 1.51 bits per heavy atom. The van der Waals surface area contributed by atoms with Gasteiger partial charge >= 0.3 is 0 Å². The van der Waals surface area contributed by atoms with Crippen molar-refractivity contribution in [2.45, 2.75) is 24.9 Å². The fourth-order valence-corrected chi connectivity index (χ4v) is 5.99. The van der Waals surface area contributed by atoms with E-state index in [1.165, 1.54) is 5.56 Å². The summed E-state index contributed by atoms with van der Waals surface area (Å²) in [5.41, 5.74) is 2.65. The average molecular weight is 495 g/mol. The molecule has 37 heavy (non-hydrogen) atoms. The van der Waals surface area contributed by atoms with E-state index in [0.717, 1.165) is 23.3 Å². The number of hydrogen-bond donors (Lipinski definition) is 0. The van der Waals surface area contributed by atoms with Gasteiger partial charge in [-0.3, -0.25) is 19.4 Å². The Morgan fingerprint density at radius 3 is 2.19 bits per heavy atom. The molecule has 0 N–H and O–H groups in total. The molecule has 0 radical (unpaired) electrons. The van der Waals surface area contributed by atoms with Crippen LogP contribution in [-0.4, -0.2) is 60.4 Å². The highest BCUT2D eigenvalue weighted by molar-refractivity contribution is 6.32. The fraction of sp³-hybridized carbons (Fsp3) is 0.290. The first-order valence-electron chi connectivity index (χ1n) is 12.8. The van der Waals surface area contributed by atoms with Gasteiger partial charge in [-0.1, -0.05) is 78.4 Å². The maximum absolute atomic E-state index is 14.1. The van der Waals surface area contributed by atoms with Crippen molar-refractivity contribution in [1.82, 2.24) is 9.80 Å². The number of carbonyl (C=O) groups is 2. The summed E-state index contributed by atoms with van der Waals surface area (Å²) in [7, 11) is 0. The quantitative estimate of drug-likeness (QED) is 0.475. The number of fused-ring (bicyclic) bond motifs is 1. The second kappa shape index (κ2) is 9.61. The molecule has 2 heterocycles. The molecule has 3 aromatic rings. The molecule has 188 valence electrons. The Bertz CT molecular complexity index is 1350. The molecule has 0 saturated carbocycles. The number of rotatable bonds is 6. The standard InChI is InChI=1S/C31H30N2O4/c1-22-12-13-25-26(18-22)30(35)31(29(25)34,24-10-6-3-7-11-24)33-16-14-32(15-17-33)27(28-20-36-21-37-28)19-23-8-4-2-5-9-23/h2-13,18,20,27H,14-17,19,21H2,1H3/t27?,31-/m0/s1. The first-order chi connectivity index (χ1) is 18.1. The monoisotopic (exact) mass is 494 g/mol. The van der Waals surface area contributed by atoms with Crippen LogP contribution in [0, 0.1) is 6.92 Å². The van der Waals surface area contributed by atoms with Gasteiger partial charge in [0.25, 0.3) is 0 Å². The number of nitrogens with zero attached hydrogens (tertiary/aromatic N) is 2. The molecule has 1 fully saturated rings. The lowest BCUT2D eigenvalue weighted by Crippen LogP contribution is -2.61. The molecule has 3 aliphatic rings. The molecule has 1 saturated heterocycles. The molecule has 6 heteroatoms. The molecule has 2 aliphatic heterocycles. The van der Waals surface area contributed by atoms with Gasteiger partial charge in [0.05, 0.1) is 6.04 Å². The molecule has 3 aromatic carbocycles. The number of ether oxygens (including phenoxy) is 2. The van der Waals surface area contributed by atoms with E-state index in [9.17, 15) is 9.59 Å². The van der Waals surface area contributed by atoms with E-state index in [0.29, 0.717) is 37.3 Å². The highest BCUT2D eigenvalue weighted by Crippen LogP contribution is 2.43. The maximum Gasteiger partial charge on any atom is 0.229 e. The summed E-state index contributed by atoms with van der Waals surface area (Å²) in [6, 6.07) is 25.5. The third kappa shape index (κ3) is 3.97. The van der Waals surface area contributed by atoms with Crippen molar-refractivity contribution in [2.75, 3.05) is 33.0 Å². The Kier molecular flexibility index (Phi) is 6.14. The van der Waals surface area contributed by atoms with E-state index in [4.69, 9.17) is 9.47 Å². The van der Waals surface area contributed by atoms with E-state index < -0.39 is 5.54 Å². The molecule has 0 aromatic heterocycles. The summed E-state index contributed by atoms with van der Waals surface area (Å²) in [6.07, 6.45) is 2.51. The second-order valence-corrected chi connectivity index (χ2v) is 9.96. The molecular weight excluding hydrogens is 464 g/mol. The third-order valence-electron chi connectivity index (χ3n) is 7.84. The van der Waals surface area contributed by atoms with Gasteiger partial charge in [0, 0.05) is 37.3 Å². The lowest BCUT2D eigenvalue weighted by Gasteiger charge is -2.45. The van der Waals surface area contributed by atoms with Crippen LogP contribution in [0.5, 0.6) is 0 Å². The van der Waals surface area contributed by atoms with E-state index in [2.05, 4.69) is 21.9 Å². The predicted molar refractivity (Wildman–Crippen MR) is 140 cm³/mol.